The van der Waals surface area contributed by atoms with Crippen molar-refractivity contribution in [2.45, 2.75) is 37.8 Å². The van der Waals surface area contributed by atoms with E-state index in [-0.39, 0.29) is 24.8 Å². The van der Waals surface area contributed by atoms with Crippen LogP contribution in [0, 0.1) is 12.8 Å². The second kappa shape index (κ2) is 11.7. The van der Waals surface area contributed by atoms with Crippen LogP contribution in [0.15, 0.2) is 24.3 Å². The molecule has 0 bridgehead atoms. The van der Waals surface area contributed by atoms with Crippen LogP contribution < -0.4 is 10.6 Å². The number of morpholine rings is 1. The summed E-state index contributed by atoms with van der Waals surface area (Å²) in [5, 5.41) is 27.4. The number of hydrogen-bond acceptors (Lipinski definition) is 11. The zero-order chi connectivity index (χ0) is 28.4. The first-order valence-corrected chi connectivity index (χ1v) is 13.6. The number of carbonyl (C=O) groups excluding carboxylic acids is 1. The van der Waals surface area contributed by atoms with Crippen LogP contribution >= 0.6 is 11.3 Å². The van der Waals surface area contributed by atoms with Gasteiger partial charge in [-0.05, 0) is 25.5 Å². The number of anilines is 2. The van der Waals surface area contributed by atoms with Gasteiger partial charge < -0.3 is 35.2 Å². The molecule has 40 heavy (non-hydrogen) atoms. The molecule has 0 unspecified atom stereocenters. The fourth-order valence-corrected chi connectivity index (χ4v) is 5.86. The smallest absolute Gasteiger partial charge is 0.409 e. The number of nitrogens with one attached hydrogen (secondary N) is 2. The fraction of sp³-hybridized carbons (Fsp3) is 0.520. The highest BCUT2D eigenvalue weighted by Crippen LogP contribution is 2.38. The molecule has 4 atom stereocenters. The summed E-state index contributed by atoms with van der Waals surface area (Å²) in [7, 11) is 0. The Morgan fingerprint density at radius 3 is 2.65 bits per heavy atom. The van der Waals surface area contributed by atoms with Crippen LogP contribution in [0.4, 0.5) is 29.7 Å². The van der Waals surface area contributed by atoms with E-state index < -0.39 is 43.0 Å². The third-order valence-electron chi connectivity index (χ3n) is 6.86. The molecule has 3 aromatic rings. The average molecular weight is 583 g/mol. The van der Waals surface area contributed by atoms with Crippen molar-refractivity contribution >= 4 is 39.4 Å². The maximum atomic E-state index is 12.9. The van der Waals surface area contributed by atoms with Gasteiger partial charge in [0.2, 0.25) is 5.95 Å². The second-order valence-corrected chi connectivity index (χ2v) is 10.7. The number of nitrogens with zero attached hydrogens (tertiary/aromatic N) is 4. The summed E-state index contributed by atoms with van der Waals surface area (Å²) in [6.45, 7) is 1.85. The number of fused-ring (bicyclic) bond motifs is 1. The van der Waals surface area contributed by atoms with Gasteiger partial charge in [-0.1, -0.05) is 12.1 Å². The number of alkyl halides is 3. The molecule has 3 heterocycles. The predicted molar refractivity (Wildman–Crippen MR) is 141 cm³/mol. The van der Waals surface area contributed by atoms with Crippen LogP contribution in [-0.4, -0.2) is 100 Å². The number of aryl methyl sites for hydroxylation is 1. The molecule has 0 radical (unpaired) electrons. The van der Waals surface area contributed by atoms with Gasteiger partial charge in [-0.25, -0.2) is 14.8 Å². The second-order valence-electron chi connectivity index (χ2n) is 9.72. The van der Waals surface area contributed by atoms with Crippen LogP contribution in [0.1, 0.15) is 12.1 Å². The molecule has 2 aromatic heterocycles. The Kier molecular flexibility index (Phi) is 8.26. The molecular weight excluding hydrogens is 553 g/mol. The van der Waals surface area contributed by atoms with E-state index in [1.165, 1.54) is 16.2 Å². The predicted octanol–water partition coefficient (Wildman–Crippen LogP) is 3.03. The molecule has 1 saturated heterocycles. The number of aliphatic hydroxyl groups excluding tert-OH is 2. The molecule has 2 fully saturated rings. The molecule has 1 aliphatic carbocycles. The lowest BCUT2D eigenvalue weighted by atomic mass is 10.1. The summed E-state index contributed by atoms with van der Waals surface area (Å²) >= 11 is 1.37. The van der Waals surface area contributed by atoms with Gasteiger partial charge >= 0.3 is 12.3 Å². The van der Waals surface area contributed by atoms with E-state index in [4.69, 9.17) is 9.47 Å². The Morgan fingerprint density at radius 1 is 1.18 bits per heavy atom. The number of carbonyl (C=O) groups is 1. The summed E-state index contributed by atoms with van der Waals surface area (Å²) in [6.07, 6.45) is -7.24. The van der Waals surface area contributed by atoms with Gasteiger partial charge in [0.05, 0.1) is 53.4 Å². The molecule has 1 aromatic carbocycles. The van der Waals surface area contributed by atoms with Gasteiger partial charge in [-0.2, -0.15) is 18.2 Å². The lowest BCUT2D eigenvalue weighted by molar-refractivity contribution is -0.115. The van der Waals surface area contributed by atoms with Gasteiger partial charge in [0.25, 0.3) is 0 Å². The molecule has 1 saturated carbocycles. The number of thiazole rings is 1. The number of aromatic nitrogens is 3. The average Bonchev–Trinajstić information content (AvgIpc) is 3.46. The normalized spacial score (nSPS) is 23.4. The Hall–Kier alpha value is -3.27. The highest BCUT2D eigenvalue weighted by molar-refractivity contribution is 7.21. The minimum atomic E-state index is -4.48. The minimum Gasteiger partial charge on any atom is -0.449 e. The van der Waals surface area contributed by atoms with Crippen molar-refractivity contribution in [3.63, 3.8) is 0 Å². The fourth-order valence-electron chi connectivity index (χ4n) is 4.79. The van der Waals surface area contributed by atoms with Crippen LogP contribution in [0.2, 0.25) is 0 Å². The van der Waals surface area contributed by atoms with Crippen molar-refractivity contribution in [1.29, 1.82) is 0 Å². The Balaban J connectivity index is 1.37. The SMILES string of the molecule is Cc1nc(NCC(F)(F)F)nc(N[C@@H]2C[C@H](COC(=O)N3CCOCC3)[C@@H](O)[C@H]2O)c1-c1nc2ccccc2s1. The maximum absolute atomic E-state index is 12.9. The quantitative estimate of drug-likeness (QED) is 0.328. The summed E-state index contributed by atoms with van der Waals surface area (Å²) < 4.78 is 50.1. The zero-order valence-corrected chi connectivity index (χ0v) is 22.3. The Bertz CT molecular complexity index is 1320. The number of rotatable bonds is 7. The number of halogens is 3. The molecule has 1 amide bonds. The van der Waals surface area contributed by atoms with Crippen LogP contribution in [-0.2, 0) is 9.47 Å². The van der Waals surface area contributed by atoms with E-state index in [0.717, 1.165) is 10.2 Å². The summed E-state index contributed by atoms with van der Waals surface area (Å²) in [5.41, 5.74) is 1.60. The largest absolute Gasteiger partial charge is 0.449 e. The van der Waals surface area contributed by atoms with E-state index >= 15 is 0 Å². The number of ether oxygens (including phenoxy) is 2. The lowest BCUT2D eigenvalue weighted by Gasteiger charge is -2.26. The van der Waals surface area contributed by atoms with E-state index in [1.807, 2.05) is 24.3 Å². The molecule has 15 heteroatoms. The van der Waals surface area contributed by atoms with Crippen molar-refractivity contribution in [2.24, 2.45) is 5.92 Å². The molecule has 11 nitrogen and oxygen atoms in total. The van der Waals surface area contributed by atoms with Gasteiger partial charge in [0.15, 0.2) is 0 Å². The third kappa shape index (κ3) is 6.37. The topological polar surface area (TPSA) is 142 Å². The number of para-hydroxylation sites is 1. The number of aliphatic hydroxyl groups is 2. The first-order valence-electron chi connectivity index (χ1n) is 12.8. The minimum absolute atomic E-state index is 0.113. The molecule has 5 rings (SSSR count). The first kappa shape index (κ1) is 28.3. The van der Waals surface area contributed by atoms with Crippen molar-refractivity contribution in [1.82, 2.24) is 19.9 Å². The summed E-state index contributed by atoms with van der Waals surface area (Å²) in [4.78, 5) is 27.1. The zero-order valence-electron chi connectivity index (χ0n) is 21.5. The van der Waals surface area contributed by atoms with Gasteiger partial charge in [0, 0.05) is 19.0 Å². The third-order valence-corrected chi connectivity index (χ3v) is 7.91. The van der Waals surface area contributed by atoms with Crippen LogP contribution in [0.5, 0.6) is 0 Å². The number of benzene rings is 1. The highest BCUT2D eigenvalue weighted by Gasteiger charge is 2.43. The number of hydrogen-bond donors (Lipinski definition) is 4. The highest BCUT2D eigenvalue weighted by atomic mass is 32.1. The molecule has 216 valence electrons. The maximum Gasteiger partial charge on any atom is 0.409 e. The van der Waals surface area contributed by atoms with Crippen LogP contribution in [0.25, 0.3) is 20.8 Å². The summed E-state index contributed by atoms with van der Waals surface area (Å²) in [6, 6.07) is 6.73. The summed E-state index contributed by atoms with van der Waals surface area (Å²) in [5.74, 6) is -0.654. The number of amides is 1. The molecule has 2 aliphatic rings. The molecule has 0 spiro atoms. The van der Waals surface area contributed by atoms with Crippen molar-refractivity contribution < 1.29 is 37.7 Å². The Labute approximate surface area is 231 Å². The monoisotopic (exact) mass is 582 g/mol. The van der Waals surface area contributed by atoms with Crippen molar-refractivity contribution in [3.8, 4) is 10.6 Å². The van der Waals surface area contributed by atoms with Gasteiger partial charge in [-0.15, -0.1) is 11.3 Å². The first-order chi connectivity index (χ1) is 19.1. The van der Waals surface area contributed by atoms with E-state index in [0.29, 0.717) is 42.6 Å². The van der Waals surface area contributed by atoms with Gasteiger partial charge in [0.1, 0.15) is 23.5 Å². The Morgan fingerprint density at radius 2 is 1.93 bits per heavy atom. The van der Waals surface area contributed by atoms with Gasteiger partial charge in [-0.3, -0.25) is 0 Å². The van der Waals surface area contributed by atoms with E-state index in [2.05, 4.69) is 25.6 Å². The van der Waals surface area contributed by atoms with E-state index in [1.54, 1.807) is 6.92 Å². The van der Waals surface area contributed by atoms with E-state index in [9.17, 15) is 28.2 Å². The van der Waals surface area contributed by atoms with Crippen molar-refractivity contribution in [3.05, 3.63) is 30.0 Å². The van der Waals surface area contributed by atoms with Crippen molar-refractivity contribution in [2.75, 3.05) is 50.1 Å². The molecular formula is C25H29F3N6O5S. The molecule has 4 N–H and O–H groups in total. The molecule has 1 aliphatic heterocycles. The standard InChI is InChI=1S/C25H29F3N6O5S/c1-13-18(22-32-15-4-2-3-5-17(15)40-22)21(33-23(30-13)29-12-25(26,27)28)31-16-10-14(19(35)20(16)36)11-39-24(37)34-6-8-38-9-7-34/h2-5,14,16,19-20,35-36H,6-12H2,1H3,(H2,29,30,31,33)/t14-,16-,19-,20+/m1/s1. The lowest BCUT2D eigenvalue weighted by Crippen LogP contribution is -2.42. The van der Waals surface area contributed by atoms with Crippen LogP contribution in [0.3, 0.4) is 0 Å².